The SMILES string of the molecule is C1=C=C(c2cccc3ccccc23)C=CC=1c1cc(-c2ccc(-c3cccc4ccccc34)cc2)c2nc(-c3cccc(-c4cccc(-c5cccnc5)c4)c3)oc2c1. The van der Waals surface area contributed by atoms with Gasteiger partial charge in [0.1, 0.15) is 5.52 Å². The lowest BCUT2D eigenvalue weighted by atomic mass is 9.93. The Labute approximate surface area is 341 Å². The molecule has 0 aliphatic heterocycles. The highest BCUT2D eigenvalue weighted by Gasteiger charge is 2.18. The minimum absolute atomic E-state index is 0.567. The average molecular weight is 751 g/mol. The van der Waals surface area contributed by atoms with E-state index in [2.05, 4.69) is 205 Å². The summed E-state index contributed by atoms with van der Waals surface area (Å²) < 4.78 is 6.70. The normalized spacial score (nSPS) is 12.3. The molecule has 1 aliphatic rings. The Morgan fingerprint density at radius 2 is 0.949 bits per heavy atom. The lowest BCUT2D eigenvalue weighted by molar-refractivity contribution is 0.620. The van der Waals surface area contributed by atoms with Gasteiger partial charge in [0.05, 0.1) is 0 Å². The number of nitrogens with zero attached hydrogens (tertiary/aromatic N) is 2. The highest BCUT2D eigenvalue weighted by molar-refractivity contribution is 6.01. The molecular weight excluding hydrogens is 717 g/mol. The number of hydrogen-bond donors (Lipinski definition) is 0. The van der Waals surface area contributed by atoms with Crippen LogP contribution in [0, 0.1) is 0 Å². The van der Waals surface area contributed by atoms with Gasteiger partial charge in [0.25, 0.3) is 0 Å². The fourth-order valence-electron chi connectivity index (χ4n) is 8.25. The maximum absolute atomic E-state index is 6.70. The van der Waals surface area contributed by atoms with Crippen molar-refractivity contribution in [1.82, 2.24) is 9.97 Å². The zero-order valence-electron chi connectivity index (χ0n) is 31.9. The molecule has 3 heteroatoms. The van der Waals surface area contributed by atoms with Crippen molar-refractivity contribution in [2.75, 3.05) is 0 Å². The first-order valence-electron chi connectivity index (χ1n) is 19.8. The van der Waals surface area contributed by atoms with Crippen molar-refractivity contribution in [2.45, 2.75) is 0 Å². The van der Waals surface area contributed by atoms with E-state index in [1.807, 2.05) is 12.3 Å². The van der Waals surface area contributed by atoms with E-state index < -0.39 is 0 Å². The number of pyridine rings is 1. The van der Waals surface area contributed by atoms with Gasteiger partial charge in [-0.05, 0) is 115 Å². The van der Waals surface area contributed by atoms with Crippen LogP contribution in [0.3, 0.4) is 0 Å². The minimum atomic E-state index is 0.567. The monoisotopic (exact) mass is 750 g/mol. The van der Waals surface area contributed by atoms with Crippen molar-refractivity contribution in [3.63, 3.8) is 0 Å². The summed E-state index contributed by atoms with van der Waals surface area (Å²) in [6.07, 6.45) is 7.96. The van der Waals surface area contributed by atoms with Gasteiger partial charge in [0.2, 0.25) is 5.89 Å². The Bertz CT molecular complexity index is 3380. The highest BCUT2D eigenvalue weighted by Crippen LogP contribution is 2.39. The molecule has 0 saturated heterocycles. The van der Waals surface area contributed by atoms with Crippen molar-refractivity contribution >= 4 is 43.8 Å². The lowest BCUT2D eigenvalue weighted by Gasteiger charge is -2.11. The molecule has 0 N–H and O–H groups in total. The van der Waals surface area contributed by atoms with Gasteiger partial charge in [0.15, 0.2) is 5.58 Å². The van der Waals surface area contributed by atoms with Crippen LogP contribution >= 0.6 is 0 Å². The molecule has 59 heavy (non-hydrogen) atoms. The standard InChI is InChI=1S/C56H34N2O/c1-3-19-49-38(10-1)12-7-21-51(49)40-25-23-37(24-26-40)48-34-53(42-29-27-41(28-30-42)52-22-8-13-39-11-2-4-20-50(39)52)55-54(35-48)59-56(58-55)46-17-6-15-44(33-46)43-14-5-16-45(32-43)47-18-9-31-57-36-47/h1-23,25,27-36H. The molecule has 0 radical (unpaired) electrons. The third-order valence-electron chi connectivity index (χ3n) is 11.2. The predicted octanol–water partition coefficient (Wildman–Crippen LogP) is 14.7. The van der Waals surface area contributed by atoms with Crippen molar-refractivity contribution in [3.8, 4) is 56.0 Å². The van der Waals surface area contributed by atoms with Crippen LogP contribution in [0.25, 0.3) is 99.8 Å². The number of rotatable bonds is 7. The van der Waals surface area contributed by atoms with Crippen LogP contribution in [-0.2, 0) is 0 Å². The van der Waals surface area contributed by atoms with Gasteiger partial charge in [-0.1, -0.05) is 157 Å². The minimum Gasteiger partial charge on any atom is -0.436 e. The van der Waals surface area contributed by atoms with Crippen molar-refractivity contribution < 1.29 is 4.42 Å². The average Bonchev–Trinajstić information content (AvgIpc) is 3.76. The Morgan fingerprint density at radius 1 is 0.390 bits per heavy atom. The first-order chi connectivity index (χ1) is 29.2. The Balaban J connectivity index is 1.03. The number of fused-ring (bicyclic) bond motifs is 3. The molecule has 11 rings (SSSR count). The highest BCUT2D eigenvalue weighted by atomic mass is 16.3. The fourth-order valence-corrected chi connectivity index (χ4v) is 8.25. The third kappa shape index (κ3) is 6.40. The number of oxazole rings is 1. The van der Waals surface area contributed by atoms with Crippen LogP contribution in [0.4, 0.5) is 0 Å². The molecule has 2 heterocycles. The predicted molar refractivity (Wildman–Crippen MR) is 243 cm³/mol. The summed E-state index contributed by atoms with van der Waals surface area (Å²) in [5.74, 6) is 0.567. The number of hydrogen-bond acceptors (Lipinski definition) is 3. The maximum atomic E-state index is 6.70. The second-order valence-corrected chi connectivity index (χ2v) is 14.8. The zero-order valence-corrected chi connectivity index (χ0v) is 31.9. The molecular formula is C56H34N2O. The molecule has 1 aliphatic carbocycles. The van der Waals surface area contributed by atoms with Crippen LogP contribution in [0.2, 0.25) is 0 Å². The van der Waals surface area contributed by atoms with Crippen molar-refractivity contribution in [2.24, 2.45) is 0 Å². The summed E-state index contributed by atoms with van der Waals surface area (Å²) in [7, 11) is 0. The smallest absolute Gasteiger partial charge is 0.227 e. The van der Waals surface area contributed by atoms with E-state index in [1.54, 1.807) is 6.20 Å². The van der Waals surface area contributed by atoms with E-state index in [9.17, 15) is 0 Å². The summed E-state index contributed by atoms with van der Waals surface area (Å²) in [4.78, 5) is 9.53. The molecule has 0 atom stereocenters. The molecule has 3 nitrogen and oxygen atoms in total. The van der Waals surface area contributed by atoms with Crippen molar-refractivity contribution in [1.29, 1.82) is 0 Å². The molecule has 0 amide bonds. The topological polar surface area (TPSA) is 38.9 Å². The van der Waals surface area contributed by atoms with Gasteiger partial charge in [-0.25, -0.2) is 4.98 Å². The quantitative estimate of drug-likeness (QED) is 0.152. The molecule has 274 valence electrons. The number of aromatic nitrogens is 2. The van der Waals surface area contributed by atoms with E-state index in [1.165, 1.54) is 27.1 Å². The molecule has 10 aromatic rings. The zero-order chi connectivity index (χ0) is 39.1. The van der Waals surface area contributed by atoms with Crippen LogP contribution < -0.4 is 0 Å². The Hall–Kier alpha value is -8.06. The van der Waals surface area contributed by atoms with E-state index >= 15 is 0 Å². The van der Waals surface area contributed by atoms with Gasteiger partial charge < -0.3 is 4.42 Å². The Morgan fingerprint density at radius 3 is 1.64 bits per heavy atom. The number of allylic oxidation sites excluding steroid dienone is 4. The molecule has 0 unspecified atom stereocenters. The van der Waals surface area contributed by atoms with Crippen LogP contribution in [0.5, 0.6) is 0 Å². The second-order valence-electron chi connectivity index (χ2n) is 14.8. The van der Waals surface area contributed by atoms with Crippen LogP contribution in [-0.4, -0.2) is 9.97 Å². The van der Waals surface area contributed by atoms with E-state index in [4.69, 9.17) is 9.40 Å². The molecule has 0 fully saturated rings. The molecule has 0 spiro atoms. The van der Waals surface area contributed by atoms with E-state index in [-0.39, 0.29) is 0 Å². The molecule has 0 saturated carbocycles. The first-order valence-corrected chi connectivity index (χ1v) is 19.8. The van der Waals surface area contributed by atoms with Gasteiger partial charge in [-0.2, -0.15) is 0 Å². The lowest BCUT2D eigenvalue weighted by Crippen LogP contribution is -1.89. The third-order valence-corrected chi connectivity index (χ3v) is 11.2. The van der Waals surface area contributed by atoms with Gasteiger partial charge in [0, 0.05) is 40.2 Å². The number of benzene rings is 8. The van der Waals surface area contributed by atoms with Gasteiger partial charge in [-0.3, -0.25) is 4.98 Å². The molecule has 2 aromatic heterocycles. The van der Waals surface area contributed by atoms with Gasteiger partial charge >= 0.3 is 0 Å². The molecule has 8 aromatic carbocycles. The van der Waals surface area contributed by atoms with E-state index in [0.717, 1.165) is 72.3 Å². The first kappa shape index (κ1) is 34.2. The summed E-state index contributed by atoms with van der Waals surface area (Å²) in [5.41, 5.74) is 22.3. The second kappa shape index (κ2) is 14.5. The fraction of sp³-hybridized carbons (Fsp3) is 0. The summed E-state index contributed by atoms with van der Waals surface area (Å²) in [6.45, 7) is 0. The maximum Gasteiger partial charge on any atom is 0.227 e. The summed E-state index contributed by atoms with van der Waals surface area (Å²) >= 11 is 0. The Kier molecular flexibility index (Phi) is 8.39. The van der Waals surface area contributed by atoms with Crippen molar-refractivity contribution in [3.05, 3.63) is 229 Å². The molecule has 0 bridgehead atoms. The summed E-state index contributed by atoms with van der Waals surface area (Å²) in [6, 6.07) is 64.0. The van der Waals surface area contributed by atoms with E-state index in [0.29, 0.717) is 11.5 Å². The van der Waals surface area contributed by atoms with Gasteiger partial charge in [-0.15, -0.1) is 0 Å². The van der Waals surface area contributed by atoms with Crippen LogP contribution in [0.15, 0.2) is 222 Å². The summed E-state index contributed by atoms with van der Waals surface area (Å²) in [5, 5.41) is 4.86. The van der Waals surface area contributed by atoms with Crippen LogP contribution in [0.1, 0.15) is 11.1 Å². The largest absolute Gasteiger partial charge is 0.436 e.